The summed E-state index contributed by atoms with van der Waals surface area (Å²) < 4.78 is 5.95. The first-order valence-electron chi connectivity index (χ1n) is 7.29. The molecule has 5 heteroatoms. The topological polar surface area (TPSA) is 44.7 Å². The van der Waals surface area contributed by atoms with Gasteiger partial charge in [-0.2, -0.15) is 0 Å². The lowest BCUT2D eigenvalue weighted by molar-refractivity contribution is 0.166. The van der Waals surface area contributed by atoms with Crippen molar-refractivity contribution in [1.29, 1.82) is 0 Å². The number of allylic oxidation sites excluding steroid dienone is 1. The molecule has 1 aromatic rings. The summed E-state index contributed by atoms with van der Waals surface area (Å²) in [5, 5.41) is 13.4. The molecule has 4 nitrogen and oxygen atoms in total. The van der Waals surface area contributed by atoms with Crippen molar-refractivity contribution in [3.8, 4) is 11.5 Å². The van der Waals surface area contributed by atoms with Crippen LogP contribution in [0.2, 0.25) is 0 Å². The van der Waals surface area contributed by atoms with Crippen LogP contribution >= 0.6 is 15.9 Å². The number of hydrogen-bond acceptors (Lipinski definition) is 4. The van der Waals surface area contributed by atoms with E-state index in [2.05, 4.69) is 32.7 Å². The molecule has 0 spiro atoms. The highest BCUT2D eigenvalue weighted by Crippen LogP contribution is 2.39. The van der Waals surface area contributed by atoms with E-state index in [4.69, 9.17) is 4.74 Å². The van der Waals surface area contributed by atoms with E-state index in [9.17, 15) is 5.11 Å². The highest BCUT2D eigenvalue weighted by Gasteiger charge is 2.23. The molecule has 1 aromatic carbocycles. The van der Waals surface area contributed by atoms with Crippen LogP contribution in [0, 0.1) is 0 Å². The summed E-state index contributed by atoms with van der Waals surface area (Å²) in [6, 6.07) is 4.25. The standard InChI is InChI=1S/C16H23BrN2O2/c1-3-4-5-14(19-8-6-18-7-9-19)12-10-13(17)16(20)15(11-12)21-2/h3,10-11,14,18,20H,1,4-9H2,2H3/t14-/m1/s1. The van der Waals surface area contributed by atoms with Crippen LogP contribution in [-0.2, 0) is 0 Å². The van der Waals surface area contributed by atoms with Crippen LogP contribution in [0.3, 0.4) is 0 Å². The Balaban J connectivity index is 2.30. The summed E-state index contributed by atoms with van der Waals surface area (Å²) in [7, 11) is 1.58. The van der Waals surface area contributed by atoms with Gasteiger partial charge < -0.3 is 15.2 Å². The van der Waals surface area contributed by atoms with Crippen molar-refractivity contribution < 1.29 is 9.84 Å². The van der Waals surface area contributed by atoms with Gasteiger partial charge in [0.1, 0.15) is 0 Å². The van der Waals surface area contributed by atoms with Crippen LogP contribution < -0.4 is 10.1 Å². The van der Waals surface area contributed by atoms with E-state index in [1.807, 2.05) is 18.2 Å². The molecule has 2 rings (SSSR count). The third-order valence-corrected chi connectivity index (χ3v) is 4.50. The average Bonchev–Trinajstić information content (AvgIpc) is 2.52. The van der Waals surface area contributed by atoms with Gasteiger partial charge in [0, 0.05) is 32.2 Å². The van der Waals surface area contributed by atoms with Gasteiger partial charge >= 0.3 is 0 Å². The van der Waals surface area contributed by atoms with E-state index < -0.39 is 0 Å². The number of nitrogens with one attached hydrogen (secondary N) is 1. The van der Waals surface area contributed by atoms with Gasteiger partial charge in [0.15, 0.2) is 11.5 Å². The molecule has 21 heavy (non-hydrogen) atoms. The van der Waals surface area contributed by atoms with E-state index in [-0.39, 0.29) is 5.75 Å². The lowest BCUT2D eigenvalue weighted by atomic mass is 9.99. The lowest BCUT2D eigenvalue weighted by Gasteiger charge is -2.35. The molecule has 2 N–H and O–H groups in total. The second kappa shape index (κ2) is 7.82. The van der Waals surface area contributed by atoms with E-state index >= 15 is 0 Å². The predicted octanol–water partition coefficient (Wildman–Crippen LogP) is 3.08. The molecule has 1 aliphatic heterocycles. The number of halogens is 1. The fourth-order valence-corrected chi connectivity index (χ4v) is 3.23. The van der Waals surface area contributed by atoms with Crippen molar-refractivity contribution in [2.24, 2.45) is 0 Å². The Morgan fingerprint density at radius 3 is 2.81 bits per heavy atom. The maximum absolute atomic E-state index is 9.98. The number of ether oxygens (including phenoxy) is 1. The first-order valence-corrected chi connectivity index (χ1v) is 8.08. The fraction of sp³-hybridized carbons (Fsp3) is 0.500. The third-order valence-electron chi connectivity index (χ3n) is 3.89. The molecular formula is C16H23BrN2O2. The van der Waals surface area contributed by atoms with E-state index in [1.54, 1.807) is 7.11 Å². The largest absolute Gasteiger partial charge is 0.503 e. The summed E-state index contributed by atoms with van der Waals surface area (Å²) in [6.07, 6.45) is 3.95. The molecule has 0 radical (unpaired) electrons. The number of hydrogen-bond donors (Lipinski definition) is 2. The number of piperazine rings is 1. The highest BCUT2D eigenvalue weighted by molar-refractivity contribution is 9.10. The minimum absolute atomic E-state index is 0.157. The Labute approximate surface area is 134 Å². The Kier molecular flexibility index (Phi) is 6.08. The lowest BCUT2D eigenvalue weighted by Crippen LogP contribution is -2.45. The predicted molar refractivity (Wildman–Crippen MR) is 89.0 cm³/mol. The molecule has 0 aromatic heterocycles. The number of phenolic OH excluding ortho intramolecular Hbond substituents is 1. The maximum Gasteiger partial charge on any atom is 0.172 e. The minimum Gasteiger partial charge on any atom is -0.503 e. The van der Waals surface area contributed by atoms with Crippen LogP contribution in [0.25, 0.3) is 0 Å². The van der Waals surface area contributed by atoms with Crippen molar-refractivity contribution in [3.63, 3.8) is 0 Å². The van der Waals surface area contributed by atoms with Gasteiger partial charge in [0.2, 0.25) is 0 Å². The molecule has 1 atom stereocenters. The number of rotatable bonds is 6. The Morgan fingerprint density at radius 1 is 1.48 bits per heavy atom. The van der Waals surface area contributed by atoms with Gasteiger partial charge in [-0.1, -0.05) is 6.08 Å². The van der Waals surface area contributed by atoms with Crippen molar-refractivity contribution >= 4 is 15.9 Å². The molecule has 1 saturated heterocycles. The normalized spacial score (nSPS) is 17.4. The second-order valence-electron chi connectivity index (χ2n) is 5.22. The zero-order valence-electron chi connectivity index (χ0n) is 12.4. The van der Waals surface area contributed by atoms with Gasteiger partial charge in [-0.15, -0.1) is 6.58 Å². The molecule has 0 unspecified atom stereocenters. The van der Waals surface area contributed by atoms with Crippen LogP contribution in [-0.4, -0.2) is 43.3 Å². The summed E-state index contributed by atoms with van der Waals surface area (Å²) in [5.41, 5.74) is 1.17. The molecule has 0 aliphatic carbocycles. The molecular weight excluding hydrogens is 332 g/mol. The number of benzene rings is 1. The maximum atomic E-state index is 9.98. The molecule has 0 amide bonds. The zero-order valence-corrected chi connectivity index (χ0v) is 14.0. The van der Waals surface area contributed by atoms with Crippen molar-refractivity contribution in [2.75, 3.05) is 33.3 Å². The Morgan fingerprint density at radius 2 is 2.19 bits per heavy atom. The molecule has 1 fully saturated rings. The van der Waals surface area contributed by atoms with E-state index in [0.29, 0.717) is 16.3 Å². The van der Waals surface area contributed by atoms with E-state index in [0.717, 1.165) is 39.0 Å². The number of nitrogens with zero attached hydrogens (tertiary/aromatic N) is 1. The van der Waals surface area contributed by atoms with Gasteiger partial charge in [0.05, 0.1) is 11.6 Å². The molecule has 0 saturated carbocycles. The van der Waals surface area contributed by atoms with Crippen molar-refractivity contribution in [3.05, 3.63) is 34.8 Å². The zero-order chi connectivity index (χ0) is 15.2. The smallest absolute Gasteiger partial charge is 0.172 e. The number of methoxy groups -OCH3 is 1. The SMILES string of the molecule is C=CCC[C@H](c1cc(Br)c(O)c(OC)c1)N1CCNCC1. The average molecular weight is 355 g/mol. The first-order chi connectivity index (χ1) is 10.2. The number of phenols is 1. The van der Waals surface area contributed by atoms with Crippen LogP contribution in [0.15, 0.2) is 29.3 Å². The molecule has 116 valence electrons. The Bertz CT molecular complexity index is 487. The first kappa shape index (κ1) is 16.3. The Hall–Kier alpha value is -1.04. The van der Waals surface area contributed by atoms with Crippen molar-refractivity contribution in [1.82, 2.24) is 10.2 Å². The third kappa shape index (κ3) is 3.99. The van der Waals surface area contributed by atoms with Crippen molar-refractivity contribution in [2.45, 2.75) is 18.9 Å². The van der Waals surface area contributed by atoms with Crippen LogP contribution in [0.4, 0.5) is 0 Å². The summed E-state index contributed by atoms with van der Waals surface area (Å²) in [6.45, 7) is 7.92. The second-order valence-corrected chi connectivity index (χ2v) is 6.08. The molecule has 1 heterocycles. The summed E-state index contributed by atoms with van der Waals surface area (Å²) in [5.74, 6) is 0.669. The van der Waals surface area contributed by atoms with Gasteiger partial charge in [-0.05, 0) is 46.5 Å². The van der Waals surface area contributed by atoms with Gasteiger partial charge in [-0.25, -0.2) is 0 Å². The number of aromatic hydroxyl groups is 1. The quantitative estimate of drug-likeness (QED) is 0.770. The van der Waals surface area contributed by atoms with Crippen LogP contribution in [0.1, 0.15) is 24.4 Å². The summed E-state index contributed by atoms with van der Waals surface area (Å²) >= 11 is 3.42. The highest BCUT2D eigenvalue weighted by atomic mass is 79.9. The monoisotopic (exact) mass is 354 g/mol. The molecule has 0 bridgehead atoms. The van der Waals surface area contributed by atoms with E-state index in [1.165, 1.54) is 5.56 Å². The summed E-state index contributed by atoms with van der Waals surface area (Å²) in [4.78, 5) is 2.48. The van der Waals surface area contributed by atoms with Crippen LogP contribution in [0.5, 0.6) is 11.5 Å². The van der Waals surface area contributed by atoms with Gasteiger partial charge in [-0.3, -0.25) is 4.90 Å². The minimum atomic E-state index is 0.157. The molecule has 1 aliphatic rings. The fourth-order valence-electron chi connectivity index (χ4n) is 2.77. The van der Waals surface area contributed by atoms with Gasteiger partial charge in [0.25, 0.3) is 0 Å².